The largest absolute Gasteiger partial charge is 0.494 e. The molecule has 0 aromatic heterocycles. The molecule has 2 N–H and O–H groups in total. The molecule has 2 rings (SSSR count). The van der Waals surface area contributed by atoms with Crippen LogP contribution in [0, 0.1) is 0 Å². The summed E-state index contributed by atoms with van der Waals surface area (Å²) in [5.74, 6) is 0.960. The van der Waals surface area contributed by atoms with E-state index in [0.717, 1.165) is 18.8 Å². The highest BCUT2D eigenvalue weighted by atomic mass is 16.5. The Kier molecular flexibility index (Phi) is 2.82. The van der Waals surface area contributed by atoms with Crippen LogP contribution in [0.25, 0.3) is 0 Å². The van der Waals surface area contributed by atoms with Crippen molar-refractivity contribution in [3.05, 3.63) is 23.8 Å². The summed E-state index contributed by atoms with van der Waals surface area (Å²) in [7, 11) is 2.10. The van der Waals surface area contributed by atoms with Gasteiger partial charge in [0.15, 0.2) is 0 Å². The molecule has 0 fully saturated rings. The van der Waals surface area contributed by atoms with E-state index in [0.29, 0.717) is 12.6 Å². The fraction of sp³-hybridized carbons (Fsp3) is 0.500. The third-order valence-electron chi connectivity index (χ3n) is 3.02. The monoisotopic (exact) mass is 206 g/mol. The summed E-state index contributed by atoms with van der Waals surface area (Å²) in [6.07, 6.45) is 1.03. The molecule has 1 atom stereocenters. The Hall–Kier alpha value is -1.22. The molecule has 1 aliphatic heterocycles. The molecule has 0 spiro atoms. The highest BCUT2D eigenvalue weighted by molar-refractivity contribution is 5.61. The Morgan fingerprint density at radius 1 is 1.53 bits per heavy atom. The van der Waals surface area contributed by atoms with Gasteiger partial charge in [-0.05, 0) is 37.1 Å². The average Bonchev–Trinajstić information content (AvgIpc) is 2.56. The number of likely N-dealkylation sites (N-methyl/N-ethyl adjacent to an activating group) is 1. The van der Waals surface area contributed by atoms with Crippen molar-refractivity contribution in [1.29, 1.82) is 0 Å². The molecular formula is C12H18N2O. The first-order valence-corrected chi connectivity index (χ1v) is 5.45. The molecule has 0 saturated heterocycles. The van der Waals surface area contributed by atoms with Crippen LogP contribution in [0.15, 0.2) is 18.2 Å². The number of hydrogen-bond acceptors (Lipinski definition) is 3. The highest BCUT2D eigenvalue weighted by Crippen LogP contribution is 2.33. The number of hydrogen-bond donors (Lipinski definition) is 1. The van der Waals surface area contributed by atoms with E-state index in [4.69, 9.17) is 10.5 Å². The van der Waals surface area contributed by atoms with Crippen LogP contribution in [0.1, 0.15) is 12.5 Å². The highest BCUT2D eigenvalue weighted by Gasteiger charge is 2.25. The number of rotatable bonds is 3. The van der Waals surface area contributed by atoms with Gasteiger partial charge in [0.05, 0.1) is 6.61 Å². The third-order valence-corrected chi connectivity index (χ3v) is 3.02. The van der Waals surface area contributed by atoms with Crippen LogP contribution in [0.4, 0.5) is 5.69 Å². The molecule has 0 radical (unpaired) electrons. The van der Waals surface area contributed by atoms with Crippen molar-refractivity contribution in [2.75, 3.05) is 25.1 Å². The molecule has 1 aromatic rings. The first-order chi connectivity index (χ1) is 7.26. The van der Waals surface area contributed by atoms with Crippen LogP contribution in [-0.2, 0) is 6.42 Å². The predicted octanol–water partition coefficient (Wildman–Crippen LogP) is 1.40. The Morgan fingerprint density at radius 3 is 3.00 bits per heavy atom. The fourth-order valence-electron chi connectivity index (χ4n) is 2.15. The molecule has 1 aromatic carbocycles. The number of benzene rings is 1. The normalized spacial score (nSPS) is 19.1. The lowest BCUT2D eigenvalue weighted by molar-refractivity contribution is 0.340. The smallest absolute Gasteiger partial charge is 0.119 e. The number of nitrogens with zero attached hydrogens (tertiary/aromatic N) is 1. The maximum absolute atomic E-state index is 5.73. The van der Waals surface area contributed by atoms with E-state index in [-0.39, 0.29) is 0 Å². The fourth-order valence-corrected chi connectivity index (χ4v) is 2.15. The second-order valence-electron chi connectivity index (χ2n) is 3.93. The number of nitrogens with two attached hydrogens (primary N) is 1. The van der Waals surface area contributed by atoms with Gasteiger partial charge in [0.2, 0.25) is 0 Å². The molecule has 15 heavy (non-hydrogen) atoms. The van der Waals surface area contributed by atoms with Crippen LogP contribution >= 0.6 is 0 Å². The summed E-state index contributed by atoms with van der Waals surface area (Å²) in [5, 5.41) is 0. The minimum atomic E-state index is 0.442. The summed E-state index contributed by atoms with van der Waals surface area (Å²) < 4.78 is 5.49. The summed E-state index contributed by atoms with van der Waals surface area (Å²) in [4.78, 5) is 2.26. The van der Waals surface area contributed by atoms with Crippen LogP contribution in [0.5, 0.6) is 5.75 Å². The van der Waals surface area contributed by atoms with Crippen LogP contribution in [-0.4, -0.2) is 26.2 Å². The second-order valence-corrected chi connectivity index (χ2v) is 3.93. The lowest BCUT2D eigenvalue weighted by atomic mass is 10.1. The molecule has 0 amide bonds. The second kappa shape index (κ2) is 4.11. The number of ether oxygens (including phenoxy) is 1. The lowest BCUT2D eigenvalue weighted by Gasteiger charge is -2.20. The van der Waals surface area contributed by atoms with E-state index in [1.165, 1.54) is 11.3 Å². The summed E-state index contributed by atoms with van der Waals surface area (Å²) in [6.45, 7) is 3.42. The number of anilines is 1. The van der Waals surface area contributed by atoms with Gasteiger partial charge in [-0.2, -0.15) is 0 Å². The van der Waals surface area contributed by atoms with E-state index >= 15 is 0 Å². The molecule has 1 aliphatic rings. The summed E-state index contributed by atoms with van der Waals surface area (Å²) >= 11 is 0. The lowest BCUT2D eigenvalue weighted by Crippen LogP contribution is -2.34. The molecule has 1 heterocycles. The topological polar surface area (TPSA) is 38.5 Å². The first kappa shape index (κ1) is 10.3. The van der Waals surface area contributed by atoms with Gasteiger partial charge in [0, 0.05) is 25.3 Å². The Balaban J connectivity index is 2.26. The molecule has 3 nitrogen and oxygen atoms in total. The zero-order valence-electron chi connectivity index (χ0n) is 9.36. The molecule has 0 bridgehead atoms. The quantitative estimate of drug-likeness (QED) is 0.812. The SMILES string of the molecule is CCOc1ccc2c(c1)CC(CN)N2C. The summed E-state index contributed by atoms with van der Waals surface area (Å²) in [6, 6.07) is 6.72. The molecule has 82 valence electrons. The van der Waals surface area contributed by atoms with E-state index < -0.39 is 0 Å². The minimum absolute atomic E-state index is 0.442. The van der Waals surface area contributed by atoms with Gasteiger partial charge in [0.25, 0.3) is 0 Å². The van der Waals surface area contributed by atoms with Gasteiger partial charge in [-0.1, -0.05) is 0 Å². The number of fused-ring (bicyclic) bond motifs is 1. The molecular weight excluding hydrogens is 188 g/mol. The molecule has 3 heteroatoms. The van der Waals surface area contributed by atoms with Crippen molar-refractivity contribution < 1.29 is 4.74 Å². The zero-order valence-corrected chi connectivity index (χ0v) is 9.36. The van der Waals surface area contributed by atoms with Gasteiger partial charge in [-0.15, -0.1) is 0 Å². The summed E-state index contributed by atoms with van der Waals surface area (Å²) in [5.41, 5.74) is 8.36. The standard InChI is InChI=1S/C12H18N2O/c1-3-15-11-4-5-12-9(7-11)6-10(8-13)14(12)2/h4-5,7,10H,3,6,8,13H2,1-2H3. The Bertz CT molecular complexity index is 351. The van der Waals surface area contributed by atoms with Crippen molar-refractivity contribution in [3.8, 4) is 5.75 Å². The zero-order chi connectivity index (χ0) is 10.8. The first-order valence-electron chi connectivity index (χ1n) is 5.45. The van der Waals surface area contributed by atoms with E-state index in [2.05, 4.69) is 24.1 Å². The van der Waals surface area contributed by atoms with Gasteiger partial charge < -0.3 is 15.4 Å². The van der Waals surface area contributed by atoms with Crippen LogP contribution in [0.2, 0.25) is 0 Å². The molecule has 1 unspecified atom stereocenters. The Labute approximate surface area is 90.8 Å². The maximum Gasteiger partial charge on any atom is 0.119 e. The van der Waals surface area contributed by atoms with E-state index in [1.54, 1.807) is 0 Å². The van der Waals surface area contributed by atoms with E-state index in [1.807, 2.05) is 13.0 Å². The van der Waals surface area contributed by atoms with Crippen molar-refractivity contribution in [3.63, 3.8) is 0 Å². The van der Waals surface area contributed by atoms with Crippen LogP contribution in [0.3, 0.4) is 0 Å². The van der Waals surface area contributed by atoms with Crippen LogP contribution < -0.4 is 15.4 Å². The van der Waals surface area contributed by atoms with Gasteiger partial charge in [-0.3, -0.25) is 0 Å². The third kappa shape index (κ3) is 1.79. The Morgan fingerprint density at radius 2 is 2.33 bits per heavy atom. The minimum Gasteiger partial charge on any atom is -0.494 e. The van der Waals surface area contributed by atoms with Gasteiger partial charge in [-0.25, -0.2) is 0 Å². The predicted molar refractivity (Wildman–Crippen MR) is 62.6 cm³/mol. The van der Waals surface area contributed by atoms with Gasteiger partial charge in [0.1, 0.15) is 5.75 Å². The average molecular weight is 206 g/mol. The van der Waals surface area contributed by atoms with Crippen molar-refractivity contribution in [2.24, 2.45) is 5.73 Å². The van der Waals surface area contributed by atoms with Crippen molar-refractivity contribution in [2.45, 2.75) is 19.4 Å². The van der Waals surface area contributed by atoms with E-state index in [9.17, 15) is 0 Å². The van der Waals surface area contributed by atoms with Crippen molar-refractivity contribution in [1.82, 2.24) is 0 Å². The van der Waals surface area contributed by atoms with Crippen molar-refractivity contribution >= 4 is 5.69 Å². The maximum atomic E-state index is 5.73. The van der Waals surface area contributed by atoms with Gasteiger partial charge >= 0.3 is 0 Å². The molecule has 0 aliphatic carbocycles. The molecule has 0 saturated carbocycles.